The number of amides is 4. The molecule has 20 nitrogen and oxygen atoms in total. The fourth-order valence-corrected chi connectivity index (χ4v) is 13.6. The Kier molecular flexibility index (Phi) is 19.7. The van der Waals surface area contributed by atoms with Crippen molar-refractivity contribution >= 4 is 58.4 Å². The van der Waals surface area contributed by atoms with Gasteiger partial charge in [0.2, 0.25) is 5.91 Å². The molecule has 11 rings (SSSR count). The van der Waals surface area contributed by atoms with Crippen molar-refractivity contribution < 1.29 is 42.5 Å². The molecule has 0 radical (unpaired) electrons. The molecular weight excluding hydrogens is 1200 g/mol. The number of nitrogens with one attached hydrogen (secondary N) is 1. The van der Waals surface area contributed by atoms with Crippen molar-refractivity contribution in [1.29, 1.82) is 5.26 Å². The molecule has 1 aliphatic carbocycles. The molecule has 5 aliphatic rings. The number of aliphatic imine (C=N–C) groups is 1. The summed E-state index contributed by atoms with van der Waals surface area (Å²) in [6.07, 6.45) is 3.21. The van der Waals surface area contributed by atoms with Crippen LogP contribution < -0.4 is 20.7 Å². The summed E-state index contributed by atoms with van der Waals surface area (Å²) < 4.78 is 45.7. The van der Waals surface area contributed by atoms with Gasteiger partial charge in [-0.05, 0) is 121 Å². The molecule has 2 aromatic heterocycles. The van der Waals surface area contributed by atoms with Gasteiger partial charge < -0.3 is 49.4 Å². The first-order valence-electron chi connectivity index (χ1n) is 31.3. The zero-order valence-corrected chi connectivity index (χ0v) is 54.0. The Balaban J connectivity index is 0.591. The lowest BCUT2D eigenvalue weighted by molar-refractivity contribution is -0.122. The topological polar surface area (TPSA) is 218 Å². The predicted octanol–water partition coefficient (Wildman–Crippen LogP) is 9.71. The lowest BCUT2D eigenvalue weighted by Crippen LogP contribution is -2.66. The maximum atomic E-state index is 15.4. The molecule has 2 bridgehead atoms. The van der Waals surface area contributed by atoms with E-state index in [1.165, 1.54) is 27.8 Å². The summed E-state index contributed by atoms with van der Waals surface area (Å²) in [5, 5.41) is 19.4. The fourth-order valence-electron chi connectivity index (χ4n) is 13.3. The van der Waals surface area contributed by atoms with E-state index in [4.69, 9.17) is 62.7 Å². The summed E-state index contributed by atoms with van der Waals surface area (Å²) in [5.74, 6) is 0.529. The number of anilines is 2. The number of carbonyl (C=O) groups excluding carboxylic acids is 3. The summed E-state index contributed by atoms with van der Waals surface area (Å²) in [6, 6.07) is 27.8. The Morgan fingerprint density at radius 2 is 1.53 bits per heavy atom. The molecular formula is C68H79Cl2FN12O8. The second-order valence-corrected chi connectivity index (χ2v) is 25.6. The first kappa shape index (κ1) is 64.8. The highest BCUT2D eigenvalue weighted by atomic mass is 35.5. The van der Waals surface area contributed by atoms with Gasteiger partial charge in [0.25, 0.3) is 5.91 Å². The van der Waals surface area contributed by atoms with Crippen molar-refractivity contribution in [3.05, 3.63) is 157 Å². The Labute approximate surface area is 540 Å². The van der Waals surface area contributed by atoms with Crippen molar-refractivity contribution in [2.45, 2.75) is 89.5 Å². The van der Waals surface area contributed by atoms with E-state index >= 15 is 4.79 Å². The Morgan fingerprint density at radius 1 is 0.835 bits per heavy atom. The van der Waals surface area contributed by atoms with Gasteiger partial charge in [-0.3, -0.25) is 24.1 Å². The zero-order valence-electron chi connectivity index (χ0n) is 52.5. The smallest absolute Gasteiger partial charge is 0.326 e. The number of hydrogen-bond donors (Lipinski definition) is 2. The maximum Gasteiger partial charge on any atom is 0.326 e. The molecule has 6 heterocycles. The molecule has 480 valence electrons. The number of amidine groups is 1. The number of carbonyl (C=O) groups is 3. The molecule has 91 heavy (non-hydrogen) atoms. The standard InChI is InChI=1S/C68H79Cl2FN12O8/c1-7-91-59-38-46(66(2,3)4)12-17-51(59)63-76-68(45-10-13-47(69)14-11-45)54-39-48(70)15-19-53(54)67(68,5)83(63)65(86)80-26-24-79(25-27-80)28-30-88-32-34-90-36-35-89-33-31-87-29-20-60(84)74-21-23-82-58(41-72)61-44-37-57(62(73)75-42-44)81-22-8-9-56(81)52-40-49(71)16-18-50(52)64(85)78(6)43-55(61)77-82/h10-19,37-40,42,56H,7-9,20-36,43H2,1-6H3,(H2,73,75)(H,74,84)/t56-,67-,68-/m1/s1. The van der Waals surface area contributed by atoms with Crippen LogP contribution in [0, 0.1) is 17.1 Å². The number of halogens is 3. The number of nitrogens with two attached hydrogens (primary N) is 1. The maximum absolute atomic E-state index is 15.4. The minimum absolute atomic E-state index is 0.0541. The van der Waals surface area contributed by atoms with Gasteiger partial charge in [-0.15, -0.1) is 0 Å². The van der Waals surface area contributed by atoms with Crippen LogP contribution in [0.4, 0.5) is 20.7 Å². The van der Waals surface area contributed by atoms with Crippen LogP contribution in [0.25, 0.3) is 11.1 Å². The van der Waals surface area contributed by atoms with Gasteiger partial charge in [0.15, 0.2) is 0 Å². The van der Waals surface area contributed by atoms with Crippen LogP contribution in [-0.2, 0) is 53.3 Å². The van der Waals surface area contributed by atoms with E-state index in [9.17, 15) is 19.2 Å². The first-order valence-corrected chi connectivity index (χ1v) is 32.0. The highest BCUT2D eigenvalue weighted by molar-refractivity contribution is 6.31. The number of fused-ring (bicyclic) bond motifs is 12. The van der Waals surface area contributed by atoms with Crippen molar-refractivity contribution in [1.82, 2.24) is 39.7 Å². The summed E-state index contributed by atoms with van der Waals surface area (Å²) in [7, 11) is 1.65. The molecule has 4 amide bonds. The lowest BCUT2D eigenvalue weighted by atomic mass is 9.54. The number of urea groups is 1. The van der Waals surface area contributed by atoms with E-state index in [-0.39, 0.29) is 73.5 Å². The number of piperazine rings is 1. The molecule has 23 heteroatoms. The molecule has 4 aromatic carbocycles. The second-order valence-electron chi connectivity index (χ2n) is 24.7. The average molecular weight is 1280 g/mol. The minimum atomic E-state index is -0.970. The number of nitrogens with zero attached hydrogens (tertiary/aromatic N) is 10. The third kappa shape index (κ3) is 13.0. The summed E-state index contributed by atoms with van der Waals surface area (Å²) in [5.41, 5.74) is 12.6. The fraction of sp³-hybridized carbons (Fsp3) is 0.456. The number of pyridine rings is 1. The van der Waals surface area contributed by atoms with Crippen LogP contribution in [0.3, 0.4) is 0 Å². The van der Waals surface area contributed by atoms with Gasteiger partial charge in [0.1, 0.15) is 46.1 Å². The second kappa shape index (κ2) is 27.6. The largest absolute Gasteiger partial charge is 0.493 e. The molecule has 0 spiro atoms. The van der Waals surface area contributed by atoms with E-state index in [0.717, 1.165) is 34.2 Å². The van der Waals surface area contributed by atoms with Crippen molar-refractivity contribution in [2.24, 2.45) is 4.99 Å². The van der Waals surface area contributed by atoms with Crippen molar-refractivity contribution in [3.63, 3.8) is 0 Å². The van der Waals surface area contributed by atoms with Crippen LogP contribution in [0.2, 0.25) is 10.0 Å². The van der Waals surface area contributed by atoms with E-state index in [2.05, 4.69) is 66.0 Å². The SMILES string of the molecule is CCOc1cc(C(C)(C)C)ccc1C1=N[C@]2(c3ccc(Cl)cc3)c3cc(Cl)ccc3[C@@]2(C)N1C(=O)N1CCN(CCOCCOCCOCCOCCC(=O)NCCn2nc3c(c2C#N)-c2cnc(N)c(c2)N2CCC[C@@H]2c2cc(F)ccc2C(=O)N(C)C3)CC1. The van der Waals surface area contributed by atoms with E-state index in [1.54, 1.807) is 13.2 Å². The number of hydrogen-bond acceptors (Lipinski definition) is 15. The number of rotatable bonds is 22. The summed E-state index contributed by atoms with van der Waals surface area (Å²) >= 11 is 13.2. The van der Waals surface area contributed by atoms with E-state index in [0.29, 0.717) is 154 Å². The minimum Gasteiger partial charge on any atom is -0.493 e. The van der Waals surface area contributed by atoms with Gasteiger partial charge in [-0.1, -0.05) is 68.2 Å². The lowest BCUT2D eigenvalue weighted by Gasteiger charge is -2.56. The predicted molar refractivity (Wildman–Crippen MR) is 346 cm³/mol. The molecule has 6 aromatic rings. The Bertz CT molecular complexity index is 3750. The number of aromatic nitrogens is 3. The van der Waals surface area contributed by atoms with Crippen molar-refractivity contribution in [2.75, 3.05) is 123 Å². The number of nitriles is 1. The van der Waals surface area contributed by atoms with Gasteiger partial charge in [-0.25, -0.2) is 19.2 Å². The summed E-state index contributed by atoms with van der Waals surface area (Å²) in [4.78, 5) is 62.1. The Morgan fingerprint density at radius 3 is 2.23 bits per heavy atom. The number of ether oxygens (including phenoxy) is 5. The quantitative estimate of drug-likeness (QED) is 0.0605. The molecule has 2 fully saturated rings. The highest BCUT2D eigenvalue weighted by Gasteiger charge is 2.71. The zero-order chi connectivity index (χ0) is 64.2. The third-order valence-electron chi connectivity index (χ3n) is 18.0. The molecule has 3 atom stereocenters. The van der Waals surface area contributed by atoms with Gasteiger partial charge >= 0.3 is 6.03 Å². The Hall–Kier alpha value is -7.68. The first-order chi connectivity index (χ1) is 43.9. The van der Waals surface area contributed by atoms with E-state index < -0.39 is 16.9 Å². The highest BCUT2D eigenvalue weighted by Crippen LogP contribution is 2.66. The van der Waals surface area contributed by atoms with Gasteiger partial charge in [-0.2, -0.15) is 10.4 Å². The van der Waals surface area contributed by atoms with Crippen molar-refractivity contribution in [3.8, 4) is 22.9 Å². The average Bonchev–Trinajstić information content (AvgIpc) is 1.53. The molecule has 4 aliphatic heterocycles. The number of nitrogen functional groups attached to an aromatic ring is 1. The van der Waals surface area contributed by atoms with E-state index in [1.807, 2.05) is 71.3 Å². The van der Waals surface area contributed by atoms with Gasteiger partial charge in [0.05, 0.1) is 95.5 Å². The van der Waals surface area contributed by atoms with Crippen LogP contribution in [0.5, 0.6) is 5.75 Å². The molecule has 2 saturated heterocycles. The molecule has 0 saturated carbocycles. The normalized spacial score (nSPS) is 19.5. The molecule has 0 unspecified atom stereocenters. The van der Waals surface area contributed by atoms with Crippen LogP contribution in [0.15, 0.2) is 96.1 Å². The monoisotopic (exact) mass is 1280 g/mol. The third-order valence-corrected chi connectivity index (χ3v) is 18.5. The summed E-state index contributed by atoms with van der Waals surface area (Å²) in [6.45, 7) is 18.1. The van der Waals surface area contributed by atoms with Gasteiger partial charge in [0, 0.05) is 92.2 Å². The number of benzene rings is 4. The van der Waals surface area contributed by atoms with Crippen LogP contribution in [0.1, 0.15) is 115 Å². The molecule has 3 N–H and O–H groups in total. The van der Waals surface area contributed by atoms with Crippen LogP contribution >= 0.6 is 23.2 Å². The van der Waals surface area contributed by atoms with Crippen LogP contribution in [-0.4, -0.2) is 170 Å².